The van der Waals surface area contributed by atoms with Gasteiger partial charge in [-0.05, 0) is 25.0 Å². The highest BCUT2D eigenvalue weighted by Crippen LogP contribution is 2.27. The summed E-state index contributed by atoms with van der Waals surface area (Å²) in [6, 6.07) is 3.25. The van der Waals surface area contributed by atoms with E-state index < -0.39 is 11.4 Å². The standard InChI is InChI=1S/C20H21N5O5S/c1-30-7-3-2-4-15(26)12-8-24(9-12)16-6-5-13-17(27)14(19(28)29)10-25(18(13)23-16)20-21-11-22-31-20/h5-6,10-12H,2-4,7-9H2,1H3,(H,28,29). The van der Waals surface area contributed by atoms with E-state index in [0.717, 1.165) is 24.4 Å². The molecule has 0 unspecified atom stereocenters. The van der Waals surface area contributed by atoms with Gasteiger partial charge in [0, 0.05) is 51.0 Å². The second kappa shape index (κ2) is 8.90. The van der Waals surface area contributed by atoms with Gasteiger partial charge in [-0.2, -0.15) is 4.37 Å². The van der Waals surface area contributed by atoms with E-state index in [9.17, 15) is 19.5 Å². The number of pyridine rings is 2. The second-order valence-corrected chi connectivity index (χ2v) is 8.09. The normalized spacial score (nSPS) is 14.0. The van der Waals surface area contributed by atoms with Crippen molar-refractivity contribution >= 4 is 40.1 Å². The van der Waals surface area contributed by atoms with E-state index in [1.807, 2.05) is 4.90 Å². The molecule has 1 aliphatic heterocycles. The van der Waals surface area contributed by atoms with Gasteiger partial charge in [0.2, 0.25) is 10.6 Å². The van der Waals surface area contributed by atoms with E-state index in [0.29, 0.717) is 42.7 Å². The summed E-state index contributed by atoms with van der Waals surface area (Å²) in [6.07, 6.45) is 4.81. The Labute approximate surface area is 181 Å². The van der Waals surface area contributed by atoms with Crippen molar-refractivity contribution in [3.05, 3.63) is 40.4 Å². The second-order valence-electron chi connectivity index (χ2n) is 7.33. The van der Waals surface area contributed by atoms with Crippen LogP contribution in [-0.4, -0.2) is 62.6 Å². The Balaban J connectivity index is 1.58. The number of hydrogen-bond acceptors (Lipinski definition) is 9. The number of carboxylic acids is 1. The minimum absolute atomic E-state index is 0.0280. The summed E-state index contributed by atoms with van der Waals surface area (Å²) in [5, 5.41) is 9.99. The van der Waals surface area contributed by atoms with Crippen LogP contribution in [0.1, 0.15) is 29.6 Å². The number of carbonyl (C=O) groups excluding carboxylic acids is 1. The number of rotatable bonds is 9. The molecule has 0 amide bonds. The summed E-state index contributed by atoms with van der Waals surface area (Å²) >= 11 is 1.07. The van der Waals surface area contributed by atoms with Crippen LogP contribution in [0.5, 0.6) is 0 Å². The minimum atomic E-state index is -1.32. The van der Waals surface area contributed by atoms with Crippen molar-refractivity contribution < 1.29 is 19.4 Å². The maximum absolute atomic E-state index is 12.6. The summed E-state index contributed by atoms with van der Waals surface area (Å²) in [5.74, 6) is -0.481. The summed E-state index contributed by atoms with van der Waals surface area (Å²) in [7, 11) is 1.65. The Kier molecular flexibility index (Phi) is 6.05. The lowest BCUT2D eigenvalue weighted by molar-refractivity contribution is -0.123. The van der Waals surface area contributed by atoms with Crippen LogP contribution >= 0.6 is 11.5 Å². The fourth-order valence-corrected chi connectivity index (χ4v) is 4.07. The van der Waals surface area contributed by atoms with Crippen LogP contribution < -0.4 is 10.3 Å². The van der Waals surface area contributed by atoms with Crippen LogP contribution in [0.15, 0.2) is 29.5 Å². The van der Waals surface area contributed by atoms with E-state index in [1.165, 1.54) is 17.1 Å². The van der Waals surface area contributed by atoms with Crippen molar-refractivity contribution in [1.82, 2.24) is 18.9 Å². The first-order valence-corrected chi connectivity index (χ1v) is 10.6. The largest absolute Gasteiger partial charge is 0.477 e. The van der Waals surface area contributed by atoms with Gasteiger partial charge < -0.3 is 14.7 Å². The maximum Gasteiger partial charge on any atom is 0.341 e. The minimum Gasteiger partial charge on any atom is -0.477 e. The van der Waals surface area contributed by atoms with E-state index >= 15 is 0 Å². The molecule has 1 aliphatic rings. The SMILES string of the molecule is COCCCCC(=O)C1CN(c2ccc3c(=O)c(C(=O)O)cn(-c4ncns4)c3n2)C1. The molecule has 1 saturated heterocycles. The molecule has 4 rings (SSSR count). The Hall–Kier alpha value is -3.18. The maximum atomic E-state index is 12.6. The third-order valence-corrected chi connectivity index (χ3v) is 5.97. The van der Waals surface area contributed by atoms with Gasteiger partial charge in [-0.3, -0.25) is 14.2 Å². The molecule has 3 aromatic rings. The number of ketones is 1. The molecule has 0 atom stereocenters. The number of fused-ring (bicyclic) bond motifs is 1. The average molecular weight is 443 g/mol. The lowest BCUT2D eigenvalue weighted by Crippen LogP contribution is -2.50. The molecule has 4 heterocycles. The third kappa shape index (κ3) is 4.19. The predicted octanol–water partition coefficient (Wildman–Crippen LogP) is 1.76. The number of nitrogens with zero attached hydrogens (tertiary/aromatic N) is 5. The molecular weight excluding hydrogens is 422 g/mol. The number of aromatic nitrogens is 4. The van der Waals surface area contributed by atoms with Crippen LogP contribution in [0.4, 0.5) is 5.82 Å². The van der Waals surface area contributed by atoms with E-state index in [4.69, 9.17) is 4.74 Å². The van der Waals surface area contributed by atoms with Crippen LogP contribution in [0.3, 0.4) is 0 Å². The summed E-state index contributed by atoms with van der Waals surface area (Å²) in [5.41, 5.74) is -0.658. The highest BCUT2D eigenvalue weighted by Gasteiger charge is 2.33. The lowest BCUT2D eigenvalue weighted by Gasteiger charge is -2.39. The molecule has 0 radical (unpaired) electrons. The molecule has 0 aromatic carbocycles. The van der Waals surface area contributed by atoms with Crippen molar-refractivity contribution in [3.63, 3.8) is 0 Å². The monoisotopic (exact) mass is 443 g/mol. The predicted molar refractivity (Wildman–Crippen MR) is 114 cm³/mol. The molecule has 31 heavy (non-hydrogen) atoms. The zero-order chi connectivity index (χ0) is 22.0. The van der Waals surface area contributed by atoms with Gasteiger partial charge in [0.15, 0.2) is 5.65 Å². The fraction of sp³-hybridized carbons (Fsp3) is 0.400. The van der Waals surface area contributed by atoms with Crippen LogP contribution in [0.25, 0.3) is 16.2 Å². The summed E-state index contributed by atoms with van der Waals surface area (Å²) < 4.78 is 10.4. The Morgan fingerprint density at radius 2 is 2.10 bits per heavy atom. The molecule has 1 fully saturated rings. The van der Waals surface area contributed by atoms with Crippen LogP contribution in [0, 0.1) is 5.92 Å². The smallest absolute Gasteiger partial charge is 0.341 e. The average Bonchev–Trinajstić information content (AvgIpc) is 3.25. The topological polar surface area (TPSA) is 128 Å². The molecule has 0 bridgehead atoms. The molecule has 0 saturated carbocycles. The van der Waals surface area contributed by atoms with Crippen molar-refractivity contribution in [2.24, 2.45) is 5.92 Å². The van der Waals surface area contributed by atoms with E-state index in [2.05, 4.69) is 14.3 Å². The first-order valence-electron chi connectivity index (χ1n) is 9.83. The number of ether oxygens (including phenoxy) is 1. The number of methoxy groups -OCH3 is 1. The van der Waals surface area contributed by atoms with Crippen molar-refractivity contribution in [1.29, 1.82) is 0 Å². The molecule has 1 N–H and O–H groups in total. The van der Waals surface area contributed by atoms with Gasteiger partial charge in [0.05, 0.1) is 11.3 Å². The van der Waals surface area contributed by atoms with Gasteiger partial charge in [-0.15, -0.1) is 0 Å². The van der Waals surface area contributed by atoms with Crippen LogP contribution in [0.2, 0.25) is 0 Å². The molecule has 11 heteroatoms. The fourth-order valence-electron chi connectivity index (χ4n) is 3.56. The highest BCUT2D eigenvalue weighted by atomic mass is 32.1. The number of unbranched alkanes of at least 4 members (excludes halogenated alkanes) is 1. The molecule has 162 valence electrons. The zero-order valence-electron chi connectivity index (χ0n) is 16.9. The number of aromatic carboxylic acids is 1. The molecule has 0 spiro atoms. The van der Waals surface area contributed by atoms with Gasteiger partial charge in [-0.1, -0.05) is 0 Å². The summed E-state index contributed by atoms with van der Waals surface area (Å²) in [4.78, 5) is 47.1. The lowest BCUT2D eigenvalue weighted by atomic mass is 9.92. The number of hydrogen-bond donors (Lipinski definition) is 1. The first-order chi connectivity index (χ1) is 15.0. The molecule has 3 aromatic heterocycles. The Morgan fingerprint density at radius 3 is 2.77 bits per heavy atom. The van der Waals surface area contributed by atoms with Gasteiger partial charge >= 0.3 is 5.97 Å². The number of anilines is 1. The van der Waals surface area contributed by atoms with Gasteiger partial charge in [0.25, 0.3) is 0 Å². The van der Waals surface area contributed by atoms with E-state index in [1.54, 1.807) is 19.2 Å². The van der Waals surface area contributed by atoms with Crippen molar-refractivity contribution in [2.75, 3.05) is 31.7 Å². The Bertz CT molecular complexity index is 1170. The number of carbonyl (C=O) groups is 2. The van der Waals surface area contributed by atoms with Crippen LogP contribution in [-0.2, 0) is 9.53 Å². The highest BCUT2D eigenvalue weighted by molar-refractivity contribution is 7.08. The summed E-state index contributed by atoms with van der Waals surface area (Å²) in [6.45, 7) is 1.79. The van der Waals surface area contributed by atoms with Gasteiger partial charge in [-0.25, -0.2) is 14.8 Å². The van der Waals surface area contributed by atoms with Gasteiger partial charge in [0.1, 0.15) is 23.5 Å². The first kappa shape index (κ1) is 21.1. The Morgan fingerprint density at radius 1 is 1.29 bits per heavy atom. The quantitative estimate of drug-likeness (QED) is 0.492. The van der Waals surface area contributed by atoms with E-state index in [-0.39, 0.29) is 22.7 Å². The number of carboxylic acid groups (broad SMARTS) is 1. The molecular formula is C20H21N5O5S. The number of Topliss-reactive ketones (excluding diaryl/α,β-unsaturated/α-hetero) is 1. The van der Waals surface area contributed by atoms with Crippen molar-refractivity contribution in [2.45, 2.75) is 19.3 Å². The molecule has 0 aliphatic carbocycles. The zero-order valence-corrected chi connectivity index (χ0v) is 17.7. The van der Waals surface area contributed by atoms with Crippen molar-refractivity contribution in [3.8, 4) is 5.13 Å². The molecule has 10 nitrogen and oxygen atoms in total. The third-order valence-electron chi connectivity index (χ3n) is 5.30.